The van der Waals surface area contributed by atoms with Gasteiger partial charge in [-0.1, -0.05) is 12.8 Å². The van der Waals surface area contributed by atoms with Crippen LogP contribution in [0.4, 0.5) is 4.79 Å². The van der Waals surface area contributed by atoms with Gasteiger partial charge in [-0.15, -0.1) is 0 Å². The first-order chi connectivity index (χ1) is 7.84. The Balaban J connectivity index is 1.64. The lowest BCUT2D eigenvalue weighted by atomic mass is 9.78. The van der Waals surface area contributed by atoms with Crippen LogP contribution >= 0.6 is 0 Å². The number of hydrogen-bond acceptors (Lipinski definition) is 1. The molecular weight excluding hydrogens is 200 g/mol. The van der Waals surface area contributed by atoms with Gasteiger partial charge in [0.1, 0.15) is 0 Å². The molecule has 1 heterocycles. The zero-order valence-corrected chi connectivity index (χ0v) is 9.95. The number of nitrogens with zero attached hydrogens (tertiary/aromatic N) is 1. The second-order valence-electron chi connectivity index (χ2n) is 5.67. The summed E-state index contributed by atoms with van der Waals surface area (Å²) in [5.74, 6) is 0.799. The number of urea groups is 1. The van der Waals surface area contributed by atoms with Gasteiger partial charge in [0.25, 0.3) is 0 Å². The molecule has 3 aliphatic rings. The Morgan fingerprint density at radius 3 is 2.56 bits per heavy atom. The van der Waals surface area contributed by atoms with Gasteiger partial charge in [0.05, 0.1) is 0 Å². The van der Waals surface area contributed by atoms with Crippen LogP contribution in [0.2, 0.25) is 0 Å². The molecule has 0 aromatic heterocycles. The summed E-state index contributed by atoms with van der Waals surface area (Å²) in [5.41, 5.74) is 0. The number of nitrogens with one attached hydrogen (secondary N) is 1. The van der Waals surface area contributed by atoms with Gasteiger partial charge in [-0.2, -0.15) is 0 Å². The summed E-state index contributed by atoms with van der Waals surface area (Å²) in [6, 6.07) is 1.27. The largest absolute Gasteiger partial charge is 0.335 e. The van der Waals surface area contributed by atoms with Crippen LogP contribution in [0, 0.1) is 5.92 Å². The zero-order chi connectivity index (χ0) is 11.0. The Hall–Kier alpha value is -0.730. The van der Waals surface area contributed by atoms with Gasteiger partial charge in [-0.3, -0.25) is 0 Å². The number of piperidine rings is 1. The molecule has 3 rings (SSSR count). The highest BCUT2D eigenvalue weighted by Gasteiger charge is 2.37. The van der Waals surface area contributed by atoms with Crippen LogP contribution in [-0.4, -0.2) is 29.6 Å². The van der Waals surface area contributed by atoms with E-state index in [0.29, 0.717) is 12.1 Å². The molecule has 0 bridgehead atoms. The molecule has 1 aliphatic heterocycles. The SMILES string of the molecule is O=C(NC1CC1)N1CCC[C@H]2CCCC[C@H]21. The van der Waals surface area contributed by atoms with E-state index < -0.39 is 0 Å². The number of fused-ring (bicyclic) bond motifs is 1. The fourth-order valence-electron chi connectivity index (χ4n) is 3.36. The van der Waals surface area contributed by atoms with Crippen molar-refractivity contribution in [2.45, 2.75) is 63.5 Å². The maximum Gasteiger partial charge on any atom is 0.317 e. The minimum Gasteiger partial charge on any atom is -0.335 e. The lowest BCUT2D eigenvalue weighted by Crippen LogP contribution is -2.53. The van der Waals surface area contributed by atoms with Crippen molar-refractivity contribution < 1.29 is 4.79 Å². The van der Waals surface area contributed by atoms with Gasteiger partial charge in [0.15, 0.2) is 0 Å². The number of carbonyl (C=O) groups is 1. The molecule has 1 saturated heterocycles. The van der Waals surface area contributed by atoms with E-state index in [1.54, 1.807) is 0 Å². The van der Waals surface area contributed by atoms with Crippen molar-refractivity contribution in [3.63, 3.8) is 0 Å². The van der Waals surface area contributed by atoms with Gasteiger partial charge < -0.3 is 10.2 Å². The summed E-state index contributed by atoms with van der Waals surface area (Å²) in [5, 5.41) is 3.14. The molecule has 0 unspecified atom stereocenters. The van der Waals surface area contributed by atoms with Crippen molar-refractivity contribution in [2.75, 3.05) is 6.54 Å². The first-order valence-electron chi connectivity index (χ1n) is 6.92. The van der Waals surface area contributed by atoms with E-state index in [1.165, 1.54) is 51.4 Å². The molecular formula is C13H22N2O. The molecule has 0 aromatic rings. The Labute approximate surface area is 97.6 Å². The minimum atomic E-state index is 0.221. The number of hydrogen-bond donors (Lipinski definition) is 1. The van der Waals surface area contributed by atoms with Crippen LogP contribution in [0.3, 0.4) is 0 Å². The molecule has 3 nitrogen and oxygen atoms in total. The van der Waals surface area contributed by atoms with Gasteiger partial charge in [-0.05, 0) is 44.4 Å². The van der Waals surface area contributed by atoms with Crippen molar-refractivity contribution in [3.05, 3.63) is 0 Å². The topological polar surface area (TPSA) is 32.3 Å². The van der Waals surface area contributed by atoms with Crippen LogP contribution in [0.15, 0.2) is 0 Å². The summed E-state index contributed by atoms with van der Waals surface area (Å²) >= 11 is 0. The average molecular weight is 222 g/mol. The number of rotatable bonds is 1. The maximum atomic E-state index is 12.1. The molecule has 2 atom stereocenters. The molecule has 2 saturated carbocycles. The lowest BCUT2D eigenvalue weighted by molar-refractivity contribution is 0.0840. The molecule has 0 radical (unpaired) electrons. The Kier molecular flexibility index (Phi) is 2.78. The average Bonchev–Trinajstić information content (AvgIpc) is 3.12. The van der Waals surface area contributed by atoms with Gasteiger partial charge in [0, 0.05) is 18.6 Å². The van der Waals surface area contributed by atoms with Gasteiger partial charge in [0.2, 0.25) is 0 Å². The summed E-state index contributed by atoms with van der Waals surface area (Å²) in [6.45, 7) is 0.986. The molecule has 90 valence electrons. The molecule has 3 fully saturated rings. The predicted octanol–water partition coefficient (Wildman–Crippen LogP) is 2.51. The standard InChI is InChI=1S/C13H22N2O/c16-13(14-11-7-8-11)15-9-3-5-10-4-1-2-6-12(10)15/h10-12H,1-9H2,(H,14,16)/t10-,12-/m1/s1. The molecule has 0 aromatic carbocycles. The molecule has 3 heteroatoms. The lowest BCUT2D eigenvalue weighted by Gasteiger charge is -2.44. The fraction of sp³-hybridized carbons (Fsp3) is 0.923. The third-order valence-corrected chi connectivity index (χ3v) is 4.41. The number of amides is 2. The molecule has 1 N–H and O–H groups in total. The summed E-state index contributed by atoms with van der Waals surface area (Å²) in [6.07, 6.45) is 10.2. The normalized spacial score (nSPS) is 34.4. The highest BCUT2D eigenvalue weighted by atomic mass is 16.2. The van der Waals surface area contributed by atoms with E-state index in [4.69, 9.17) is 0 Å². The Bertz CT molecular complexity index is 273. The summed E-state index contributed by atoms with van der Waals surface area (Å²) < 4.78 is 0. The molecule has 2 aliphatic carbocycles. The van der Waals surface area contributed by atoms with Crippen LogP contribution < -0.4 is 5.32 Å². The Morgan fingerprint density at radius 1 is 1.00 bits per heavy atom. The second-order valence-corrected chi connectivity index (χ2v) is 5.67. The third-order valence-electron chi connectivity index (χ3n) is 4.41. The smallest absolute Gasteiger partial charge is 0.317 e. The minimum absolute atomic E-state index is 0.221. The van der Waals surface area contributed by atoms with E-state index in [9.17, 15) is 4.79 Å². The Morgan fingerprint density at radius 2 is 1.75 bits per heavy atom. The van der Waals surface area contributed by atoms with E-state index in [-0.39, 0.29) is 6.03 Å². The van der Waals surface area contributed by atoms with Crippen molar-refractivity contribution in [1.29, 1.82) is 0 Å². The van der Waals surface area contributed by atoms with E-state index in [1.807, 2.05) is 0 Å². The fourth-order valence-corrected chi connectivity index (χ4v) is 3.36. The van der Waals surface area contributed by atoms with Crippen LogP contribution in [0.1, 0.15) is 51.4 Å². The van der Waals surface area contributed by atoms with Gasteiger partial charge in [-0.25, -0.2) is 4.79 Å². The van der Waals surface area contributed by atoms with Crippen molar-refractivity contribution in [2.24, 2.45) is 5.92 Å². The number of carbonyl (C=O) groups excluding carboxylic acids is 1. The highest BCUT2D eigenvalue weighted by molar-refractivity contribution is 5.75. The molecule has 2 amide bonds. The summed E-state index contributed by atoms with van der Waals surface area (Å²) in [4.78, 5) is 14.3. The first kappa shape index (κ1) is 10.4. The predicted molar refractivity (Wildman–Crippen MR) is 63.2 cm³/mol. The summed E-state index contributed by atoms with van der Waals surface area (Å²) in [7, 11) is 0. The van der Waals surface area contributed by atoms with E-state index in [0.717, 1.165) is 12.5 Å². The molecule has 0 spiro atoms. The number of likely N-dealkylation sites (tertiary alicyclic amines) is 1. The zero-order valence-electron chi connectivity index (χ0n) is 9.95. The maximum absolute atomic E-state index is 12.1. The van der Waals surface area contributed by atoms with E-state index >= 15 is 0 Å². The first-order valence-corrected chi connectivity index (χ1v) is 6.92. The monoisotopic (exact) mass is 222 g/mol. The van der Waals surface area contributed by atoms with E-state index in [2.05, 4.69) is 10.2 Å². The van der Waals surface area contributed by atoms with Crippen LogP contribution in [0.5, 0.6) is 0 Å². The van der Waals surface area contributed by atoms with Crippen LogP contribution in [-0.2, 0) is 0 Å². The van der Waals surface area contributed by atoms with Crippen molar-refractivity contribution >= 4 is 6.03 Å². The second kappa shape index (κ2) is 4.27. The highest BCUT2D eigenvalue weighted by Crippen LogP contribution is 2.35. The van der Waals surface area contributed by atoms with Crippen molar-refractivity contribution in [3.8, 4) is 0 Å². The van der Waals surface area contributed by atoms with Gasteiger partial charge >= 0.3 is 6.03 Å². The third kappa shape index (κ3) is 2.04. The van der Waals surface area contributed by atoms with Crippen LogP contribution in [0.25, 0.3) is 0 Å². The molecule has 16 heavy (non-hydrogen) atoms. The van der Waals surface area contributed by atoms with Crippen molar-refractivity contribution in [1.82, 2.24) is 10.2 Å². The quantitative estimate of drug-likeness (QED) is 0.726.